The molecule has 5 nitrogen and oxygen atoms in total. The molecular weight excluding hydrogens is 277 g/mol. The Morgan fingerprint density at radius 3 is 2.81 bits per heavy atom. The van der Waals surface area contributed by atoms with Gasteiger partial charge < -0.3 is 14.7 Å². The average Bonchev–Trinajstić information content (AvgIpc) is 2.49. The SMILES string of the molecule is O=C(O)[C@@H]1CCCCN1C(=O)CCOc1ccccc1F. The van der Waals surface area contributed by atoms with E-state index >= 15 is 0 Å². The number of para-hydroxylation sites is 1. The lowest BCUT2D eigenvalue weighted by atomic mass is 10.0. The Morgan fingerprint density at radius 1 is 1.33 bits per heavy atom. The minimum Gasteiger partial charge on any atom is -0.490 e. The molecule has 1 fully saturated rings. The van der Waals surface area contributed by atoms with Gasteiger partial charge in [-0.05, 0) is 31.4 Å². The lowest BCUT2D eigenvalue weighted by molar-refractivity contribution is -0.152. The van der Waals surface area contributed by atoms with Gasteiger partial charge in [-0.3, -0.25) is 4.79 Å². The van der Waals surface area contributed by atoms with E-state index in [4.69, 9.17) is 9.84 Å². The van der Waals surface area contributed by atoms with Crippen LogP contribution in [0.1, 0.15) is 25.7 Å². The molecule has 1 aromatic carbocycles. The molecule has 1 saturated heterocycles. The molecule has 0 aromatic heterocycles. The van der Waals surface area contributed by atoms with E-state index in [2.05, 4.69) is 0 Å². The Kier molecular flexibility index (Phi) is 5.14. The smallest absolute Gasteiger partial charge is 0.326 e. The molecule has 0 bridgehead atoms. The van der Waals surface area contributed by atoms with Crippen molar-refractivity contribution in [2.75, 3.05) is 13.2 Å². The largest absolute Gasteiger partial charge is 0.490 e. The highest BCUT2D eigenvalue weighted by Gasteiger charge is 2.31. The van der Waals surface area contributed by atoms with E-state index in [0.717, 1.165) is 12.8 Å². The number of carboxylic acids is 1. The summed E-state index contributed by atoms with van der Waals surface area (Å²) in [5.74, 6) is -1.62. The number of carbonyl (C=O) groups is 2. The number of aliphatic carboxylic acids is 1. The number of hydrogen-bond donors (Lipinski definition) is 1. The molecule has 0 unspecified atom stereocenters. The van der Waals surface area contributed by atoms with Crippen molar-refractivity contribution >= 4 is 11.9 Å². The number of carbonyl (C=O) groups excluding carboxylic acids is 1. The Hall–Kier alpha value is -2.11. The van der Waals surface area contributed by atoms with Crippen molar-refractivity contribution in [1.29, 1.82) is 0 Å². The Bertz CT molecular complexity index is 520. The maximum Gasteiger partial charge on any atom is 0.326 e. The Labute approximate surface area is 122 Å². The van der Waals surface area contributed by atoms with Crippen molar-refractivity contribution in [3.63, 3.8) is 0 Å². The highest BCUT2D eigenvalue weighted by molar-refractivity contribution is 5.83. The molecular formula is C15H18FNO4. The van der Waals surface area contributed by atoms with Crippen molar-refractivity contribution in [1.82, 2.24) is 4.90 Å². The summed E-state index contributed by atoms with van der Waals surface area (Å²) >= 11 is 0. The maximum atomic E-state index is 13.3. The van der Waals surface area contributed by atoms with Gasteiger partial charge in [0.25, 0.3) is 0 Å². The van der Waals surface area contributed by atoms with E-state index in [1.54, 1.807) is 12.1 Å². The first-order valence-electron chi connectivity index (χ1n) is 6.99. The number of piperidine rings is 1. The average molecular weight is 295 g/mol. The van der Waals surface area contributed by atoms with Crippen LogP contribution in [0, 0.1) is 5.82 Å². The molecule has 0 spiro atoms. The maximum absolute atomic E-state index is 13.3. The first-order valence-corrected chi connectivity index (χ1v) is 6.99. The number of ether oxygens (including phenoxy) is 1. The summed E-state index contributed by atoms with van der Waals surface area (Å²) in [5, 5.41) is 9.12. The van der Waals surface area contributed by atoms with Crippen LogP contribution in [-0.2, 0) is 9.59 Å². The van der Waals surface area contributed by atoms with Crippen molar-refractivity contribution in [3.8, 4) is 5.75 Å². The molecule has 1 N–H and O–H groups in total. The molecule has 1 aliphatic heterocycles. The van der Waals surface area contributed by atoms with E-state index < -0.39 is 17.8 Å². The summed E-state index contributed by atoms with van der Waals surface area (Å²) in [6.45, 7) is 0.484. The van der Waals surface area contributed by atoms with Crippen molar-refractivity contribution in [2.24, 2.45) is 0 Å². The van der Waals surface area contributed by atoms with Crippen LogP contribution in [0.3, 0.4) is 0 Å². The normalized spacial score (nSPS) is 18.3. The summed E-state index contributed by atoms with van der Waals surface area (Å²) in [4.78, 5) is 24.6. The monoisotopic (exact) mass is 295 g/mol. The third-order valence-corrected chi connectivity index (χ3v) is 3.52. The predicted octanol–water partition coefficient (Wildman–Crippen LogP) is 2.06. The van der Waals surface area contributed by atoms with Gasteiger partial charge in [0.1, 0.15) is 6.04 Å². The minimum absolute atomic E-state index is 0.0304. The summed E-state index contributed by atoms with van der Waals surface area (Å²) in [5.41, 5.74) is 0. The molecule has 1 aliphatic rings. The fourth-order valence-electron chi connectivity index (χ4n) is 2.44. The second kappa shape index (κ2) is 7.06. The van der Waals surface area contributed by atoms with Crippen LogP contribution < -0.4 is 4.74 Å². The molecule has 1 heterocycles. The molecule has 0 aliphatic carbocycles. The molecule has 6 heteroatoms. The lowest BCUT2D eigenvalue weighted by Crippen LogP contribution is -2.48. The molecule has 1 amide bonds. The highest BCUT2D eigenvalue weighted by Crippen LogP contribution is 2.19. The van der Waals surface area contributed by atoms with E-state index in [0.29, 0.717) is 13.0 Å². The van der Waals surface area contributed by atoms with Crippen LogP contribution in [0.15, 0.2) is 24.3 Å². The fraction of sp³-hybridized carbons (Fsp3) is 0.467. The lowest BCUT2D eigenvalue weighted by Gasteiger charge is -2.33. The molecule has 1 atom stereocenters. The second-order valence-electron chi connectivity index (χ2n) is 4.97. The fourth-order valence-corrected chi connectivity index (χ4v) is 2.44. The quantitative estimate of drug-likeness (QED) is 0.903. The number of nitrogens with zero attached hydrogens (tertiary/aromatic N) is 1. The van der Waals surface area contributed by atoms with Crippen LogP contribution in [0.5, 0.6) is 5.75 Å². The number of amides is 1. The summed E-state index contributed by atoms with van der Waals surface area (Å²) in [6, 6.07) is 5.21. The van der Waals surface area contributed by atoms with Crippen molar-refractivity contribution in [3.05, 3.63) is 30.1 Å². The summed E-state index contributed by atoms with van der Waals surface area (Å²) in [7, 11) is 0. The van der Waals surface area contributed by atoms with Gasteiger partial charge in [0.15, 0.2) is 11.6 Å². The predicted molar refractivity (Wildman–Crippen MR) is 73.5 cm³/mol. The van der Waals surface area contributed by atoms with Crippen LogP contribution >= 0.6 is 0 Å². The van der Waals surface area contributed by atoms with Gasteiger partial charge in [-0.1, -0.05) is 12.1 Å². The van der Waals surface area contributed by atoms with Gasteiger partial charge in [-0.2, -0.15) is 0 Å². The zero-order chi connectivity index (χ0) is 15.2. The molecule has 1 aromatic rings. The third-order valence-electron chi connectivity index (χ3n) is 3.52. The van der Waals surface area contributed by atoms with Crippen LogP contribution in [0.25, 0.3) is 0 Å². The number of likely N-dealkylation sites (tertiary alicyclic amines) is 1. The zero-order valence-electron chi connectivity index (χ0n) is 11.6. The number of halogens is 1. The number of carboxylic acid groups (broad SMARTS) is 1. The number of hydrogen-bond acceptors (Lipinski definition) is 3. The van der Waals surface area contributed by atoms with Gasteiger partial charge in [-0.15, -0.1) is 0 Å². The zero-order valence-corrected chi connectivity index (χ0v) is 11.6. The van der Waals surface area contributed by atoms with Gasteiger partial charge in [0.05, 0.1) is 13.0 Å². The van der Waals surface area contributed by atoms with Gasteiger partial charge in [-0.25, -0.2) is 9.18 Å². The van der Waals surface area contributed by atoms with E-state index in [1.807, 2.05) is 0 Å². The van der Waals surface area contributed by atoms with Crippen LogP contribution in [-0.4, -0.2) is 41.1 Å². The van der Waals surface area contributed by atoms with Crippen LogP contribution in [0.4, 0.5) is 4.39 Å². The first kappa shape index (κ1) is 15.3. The highest BCUT2D eigenvalue weighted by atomic mass is 19.1. The summed E-state index contributed by atoms with van der Waals surface area (Å²) < 4.78 is 18.6. The van der Waals surface area contributed by atoms with Crippen LogP contribution in [0.2, 0.25) is 0 Å². The molecule has 114 valence electrons. The minimum atomic E-state index is -0.974. The number of rotatable bonds is 5. The van der Waals surface area contributed by atoms with E-state index in [-0.39, 0.29) is 24.7 Å². The van der Waals surface area contributed by atoms with Crippen molar-refractivity contribution < 1.29 is 23.8 Å². The second-order valence-corrected chi connectivity index (χ2v) is 4.97. The Morgan fingerprint density at radius 2 is 2.10 bits per heavy atom. The third kappa shape index (κ3) is 3.93. The van der Waals surface area contributed by atoms with Crippen molar-refractivity contribution in [2.45, 2.75) is 31.7 Å². The van der Waals surface area contributed by atoms with Gasteiger partial charge in [0, 0.05) is 6.54 Å². The molecule has 0 saturated carbocycles. The van der Waals surface area contributed by atoms with Gasteiger partial charge >= 0.3 is 5.97 Å². The molecule has 21 heavy (non-hydrogen) atoms. The van der Waals surface area contributed by atoms with Gasteiger partial charge in [0.2, 0.25) is 5.91 Å². The van der Waals surface area contributed by atoms with E-state index in [1.165, 1.54) is 17.0 Å². The van der Waals surface area contributed by atoms with E-state index in [9.17, 15) is 14.0 Å². The number of benzene rings is 1. The molecule has 2 rings (SSSR count). The standard InChI is InChI=1S/C15H18FNO4/c16-11-5-1-2-7-13(11)21-10-8-14(18)17-9-4-3-6-12(17)15(19)20/h1-2,5,7,12H,3-4,6,8-10H2,(H,19,20)/t12-/m0/s1. The molecule has 0 radical (unpaired) electrons. The topological polar surface area (TPSA) is 66.8 Å². The summed E-state index contributed by atoms with van der Waals surface area (Å²) in [6.07, 6.45) is 2.14. The Balaban J connectivity index is 1.86. The first-order chi connectivity index (χ1) is 10.1.